The smallest absolute Gasteiger partial charge is 0.122 e. The highest BCUT2D eigenvalue weighted by atomic mass is 16.5. The average Bonchev–Trinajstić information content (AvgIpc) is 2.39. The van der Waals surface area contributed by atoms with E-state index in [-0.39, 0.29) is 5.75 Å². The minimum atomic E-state index is -0.748. The molecule has 2 aromatic carbocycles. The van der Waals surface area contributed by atoms with Gasteiger partial charge in [-0.05, 0) is 17.7 Å². The number of ether oxygens (including phenoxy) is 1. The first-order valence-corrected chi connectivity index (χ1v) is 5.80. The first-order chi connectivity index (χ1) is 8.72. The summed E-state index contributed by atoms with van der Waals surface area (Å²) >= 11 is 0. The molecule has 2 aromatic rings. The maximum absolute atomic E-state index is 10.2. The fourth-order valence-corrected chi connectivity index (χ4v) is 1.96. The molecule has 0 amide bonds. The fourth-order valence-electron chi connectivity index (χ4n) is 1.96. The monoisotopic (exact) mass is 244 g/mol. The highest BCUT2D eigenvalue weighted by molar-refractivity contribution is 5.38. The summed E-state index contributed by atoms with van der Waals surface area (Å²) in [5.74, 6) is 0.854. The Kier molecular flexibility index (Phi) is 3.85. The van der Waals surface area contributed by atoms with Crippen molar-refractivity contribution in [2.45, 2.75) is 12.5 Å². The fraction of sp³-hybridized carbons (Fsp3) is 0.200. The molecule has 3 nitrogen and oxygen atoms in total. The van der Waals surface area contributed by atoms with Crippen molar-refractivity contribution in [1.29, 1.82) is 0 Å². The number of aromatic hydroxyl groups is 1. The molecule has 2 rings (SSSR count). The van der Waals surface area contributed by atoms with Gasteiger partial charge in [-0.2, -0.15) is 0 Å². The van der Waals surface area contributed by atoms with E-state index in [4.69, 9.17) is 4.74 Å². The topological polar surface area (TPSA) is 49.7 Å². The lowest BCUT2D eigenvalue weighted by Crippen LogP contribution is -2.03. The van der Waals surface area contributed by atoms with Gasteiger partial charge in [-0.15, -0.1) is 0 Å². The summed E-state index contributed by atoms with van der Waals surface area (Å²) in [7, 11) is 1.60. The molecule has 0 heterocycles. The van der Waals surface area contributed by atoms with E-state index in [0.717, 1.165) is 11.3 Å². The maximum atomic E-state index is 10.2. The number of phenols is 1. The van der Waals surface area contributed by atoms with Crippen LogP contribution in [-0.2, 0) is 6.42 Å². The van der Waals surface area contributed by atoms with Crippen LogP contribution < -0.4 is 4.74 Å². The van der Waals surface area contributed by atoms with Crippen LogP contribution in [-0.4, -0.2) is 17.3 Å². The second-order valence-electron chi connectivity index (χ2n) is 4.09. The number of aliphatic hydroxyl groups is 1. The first kappa shape index (κ1) is 12.5. The lowest BCUT2D eigenvalue weighted by Gasteiger charge is -2.14. The number of hydrogen-bond donors (Lipinski definition) is 2. The lowest BCUT2D eigenvalue weighted by atomic mass is 10.00. The Morgan fingerprint density at radius 1 is 1.06 bits per heavy atom. The van der Waals surface area contributed by atoms with Crippen molar-refractivity contribution in [3.63, 3.8) is 0 Å². The van der Waals surface area contributed by atoms with E-state index in [2.05, 4.69) is 0 Å². The molecule has 0 unspecified atom stereocenters. The molecular formula is C15H16O3. The summed E-state index contributed by atoms with van der Waals surface area (Å²) in [5.41, 5.74) is 1.44. The molecule has 0 bridgehead atoms. The molecule has 3 heteroatoms. The van der Waals surface area contributed by atoms with Crippen LogP contribution in [0.15, 0.2) is 48.5 Å². The van der Waals surface area contributed by atoms with Gasteiger partial charge >= 0.3 is 0 Å². The van der Waals surface area contributed by atoms with Gasteiger partial charge in [0, 0.05) is 12.0 Å². The van der Waals surface area contributed by atoms with Crippen LogP contribution in [0.1, 0.15) is 17.2 Å². The quantitative estimate of drug-likeness (QED) is 0.869. The van der Waals surface area contributed by atoms with Crippen LogP contribution in [0.2, 0.25) is 0 Å². The van der Waals surface area contributed by atoms with E-state index in [1.807, 2.05) is 24.3 Å². The second-order valence-corrected chi connectivity index (χ2v) is 4.09. The van der Waals surface area contributed by atoms with Gasteiger partial charge in [0.15, 0.2) is 0 Å². The van der Waals surface area contributed by atoms with Crippen LogP contribution >= 0.6 is 0 Å². The highest BCUT2D eigenvalue weighted by Gasteiger charge is 2.14. The molecule has 0 radical (unpaired) electrons. The number of benzene rings is 2. The molecule has 0 aromatic heterocycles. The molecule has 94 valence electrons. The minimum Gasteiger partial charge on any atom is -0.508 e. The summed E-state index contributed by atoms with van der Waals surface area (Å²) in [4.78, 5) is 0. The first-order valence-electron chi connectivity index (χ1n) is 5.80. The summed E-state index contributed by atoms with van der Waals surface area (Å²) in [6.07, 6.45) is -0.343. The Bertz CT molecular complexity index is 523. The second kappa shape index (κ2) is 5.56. The molecule has 0 saturated carbocycles. The summed E-state index contributed by atoms with van der Waals surface area (Å²) in [5, 5.41) is 19.9. The number of aliphatic hydroxyl groups excluding tert-OH is 1. The molecule has 0 saturated heterocycles. The van der Waals surface area contributed by atoms with Crippen molar-refractivity contribution in [3.05, 3.63) is 59.7 Å². The number of para-hydroxylation sites is 2. The Morgan fingerprint density at radius 2 is 1.72 bits per heavy atom. The van der Waals surface area contributed by atoms with E-state index in [1.54, 1.807) is 31.4 Å². The summed E-state index contributed by atoms with van der Waals surface area (Å²) in [6, 6.07) is 14.4. The lowest BCUT2D eigenvalue weighted by molar-refractivity contribution is 0.173. The van der Waals surface area contributed by atoms with Crippen molar-refractivity contribution in [1.82, 2.24) is 0 Å². The van der Waals surface area contributed by atoms with E-state index in [9.17, 15) is 10.2 Å². The Hall–Kier alpha value is -2.00. The van der Waals surface area contributed by atoms with Crippen molar-refractivity contribution < 1.29 is 14.9 Å². The van der Waals surface area contributed by atoms with Gasteiger partial charge < -0.3 is 14.9 Å². The molecular weight excluding hydrogens is 228 g/mol. The zero-order chi connectivity index (χ0) is 13.0. The predicted molar refractivity (Wildman–Crippen MR) is 69.8 cm³/mol. The van der Waals surface area contributed by atoms with E-state index < -0.39 is 6.10 Å². The van der Waals surface area contributed by atoms with Crippen molar-refractivity contribution in [2.24, 2.45) is 0 Å². The minimum absolute atomic E-state index is 0.111. The van der Waals surface area contributed by atoms with Gasteiger partial charge in [0.05, 0.1) is 13.2 Å². The van der Waals surface area contributed by atoms with Crippen LogP contribution in [0, 0.1) is 0 Å². The molecule has 0 aliphatic heterocycles. The van der Waals surface area contributed by atoms with Crippen LogP contribution in [0.3, 0.4) is 0 Å². The van der Waals surface area contributed by atoms with Crippen LogP contribution in [0.25, 0.3) is 0 Å². The third-order valence-corrected chi connectivity index (χ3v) is 2.90. The van der Waals surface area contributed by atoms with Gasteiger partial charge in [0.1, 0.15) is 11.5 Å². The summed E-state index contributed by atoms with van der Waals surface area (Å²) in [6.45, 7) is 0. The number of phenolic OH excluding ortho intramolecular Hbond substituents is 1. The van der Waals surface area contributed by atoms with Crippen molar-refractivity contribution in [3.8, 4) is 11.5 Å². The molecule has 1 atom stereocenters. The summed E-state index contributed by atoms with van der Waals surface area (Å²) < 4.78 is 5.24. The van der Waals surface area contributed by atoms with Crippen LogP contribution in [0.4, 0.5) is 0 Å². The zero-order valence-corrected chi connectivity index (χ0v) is 10.2. The molecule has 18 heavy (non-hydrogen) atoms. The SMILES string of the molecule is COc1ccccc1C[C@H](O)c1ccccc1O. The Labute approximate surface area is 106 Å². The Balaban J connectivity index is 2.21. The third-order valence-electron chi connectivity index (χ3n) is 2.90. The van der Waals surface area contributed by atoms with Crippen molar-refractivity contribution in [2.75, 3.05) is 7.11 Å². The van der Waals surface area contributed by atoms with Gasteiger partial charge in [-0.1, -0.05) is 36.4 Å². The van der Waals surface area contributed by atoms with Gasteiger partial charge in [-0.3, -0.25) is 0 Å². The number of hydrogen-bond acceptors (Lipinski definition) is 3. The highest BCUT2D eigenvalue weighted by Crippen LogP contribution is 2.29. The van der Waals surface area contributed by atoms with Gasteiger partial charge in [0.25, 0.3) is 0 Å². The number of rotatable bonds is 4. The van der Waals surface area contributed by atoms with Gasteiger partial charge in [-0.25, -0.2) is 0 Å². The van der Waals surface area contributed by atoms with E-state index in [0.29, 0.717) is 12.0 Å². The largest absolute Gasteiger partial charge is 0.508 e. The average molecular weight is 244 g/mol. The molecule has 0 aliphatic rings. The number of methoxy groups -OCH3 is 1. The molecule has 0 spiro atoms. The van der Waals surface area contributed by atoms with Gasteiger partial charge in [0.2, 0.25) is 0 Å². The normalized spacial score (nSPS) is 12.1. The molecule has 0 aliphatic carbocycles. The predicted octanol–water partition coefficient (Wildman–Crippen LogP) is 2.68. The standard InChI is InChI=1S/C15H16O3/c1-18-15-9-5-2-6-11(15)10-14(17)12-7-3-4-8-13(12)16/h2-9,14,16-17H,10H2,1H3/t14-/m0/s1. The van der Waals surface area contributed by atoms with E-state index in [1.165, 1.54) is 0 Å². The maximum Gasteiger partial charge on any atom is 0.122 e. The Morgan fingerprint density at radius 3 is 2.44 bits per heavy atom. The van der Waals surface area contributed by atoms with Crippen LogP contribution in [0.5, 0.6) is 11.5 Å². The zero-order valence-electron chi connectivity index (χ0n) is 10.2. The molecule has 2 N–H and O–H groups in total. The third kappa shape index (κ3) is 2.63. The molecule has 0 fully saturated rings. The van der Waals surface area contributed by atoms with Crippen molar-refractivity contribution >= 4 is 0 Å². The van der Waals surface area contributed by atoms with E-state index >= 15 is 0 Å².